The van der Waals surface area contributed by atoms with Gasteiger partial charge in [-0.15, -0.1) is 0 Å². The van der Waals surface area contributed by atoms with Crippen molar-refractivity contribution in [2.75, 3.05) is 7.11 Å². The zero-order valence-corrected chi connectivity index (χ0v) is 11.2. The minimum Gasteiger partial charge on any atom is -0.467 e. The molecule has 0 atom stereocenters. The second-order valence-corrected chi connectivity index (χ2v) is 5.38. The maximum absolute atomic E-state index is 12.1. The molecule has 98 valence electrons. The Morgan fingerprint density at radius 3 is 2.61 bits per heavy atom. The van der Waals surface area contributed by atoms with Gasteiger partial charge in [0, 0.05) is 5.38 Å². The normalized spacial score (nSPS) is 18.1. The number of hydrogen-bond donors (Lipinski definition) is 1. The zero-order chi connectivity index (χ0) is 13.0. The molecule has 0 spiro atoms. The van der Waals surface area contributed by atoms with Crippen LogP contribution in [0.5, 0.6) is 0 Å². The van der Waals surface area contributed by atoms with E-state index >= 15 is 0 Å². The van der Waals surface area contributed by atoms with Crippen LogP contribution < -0.4 is 5.32 Å². The third-order valence-electron chi connectivity index (χ3n) is 3.42. The van der Waals surface area contributed by atoms with Crippen molar-refractivity contribution in [3.05, 3.63) is 22.4 Å². The fourth-order valence-electron chi connectivity index (χ4n) is 2.41. The molecular formula is C13H17NO3S. The lowest BCUT2D eigenvalue weighted by Gasteiger charge is -2.35. The second kappa shape index (κ2) is 5.52. The molecule has 1 N–H and O–H groups in total. The number of esters is 1. The Morgan fingerprint density at radius 2 is 2.06 bits per heavy atom. The number of rotatable bonds is 3. The summed E-state index contributed by atoms with van der Waals surface area (Å²) in [5.74, 6) is -0.519. The summed E-state index contributed by atoms with van der Waals surface area (Å²) in [6, 6.07) is 1.76. The number of thiophene rings is 1. The van der Waals surface area contributed by atoms with E-state index in [0.29, 0.717) is 18.4 Å². The first kappa shape index (κ1) is 13.1. The average molecular weight is 267 g/mol. The molecule has 0 saturated heterocycles. The van der Waals surface area contributed by atoms with Gasteiger partial charge in [-0.25, -0.2) is 4.79 Å². The molecule has 0 unspecified atom stereocenters. The van der Waals surface area contributed by atoms with Crippen LogP contribution >= 0.6 is 11.3 Å². The number of hydrogen-bond acceptors (Lipinski definition) is 4. The molecule has 5 heteroatoms. The second-order valence-electron chi connectivity index (χ2n) is 4.60. The molecule has 0 aromatic carbocycles. The van der Waals surface area contributed by atoms with Gasteiger partial charge >= 0.3 is 5.97 Å². The average Bonchev–Trinajstić information content (AvgIpc) is 2.93. The Balaban J connectivity index is 2.15. The summed E-state index contributed by atoms with van der Waals surface area (Å²) in [6.45, 7) is 0. The van der Waals surface area contributed by atoms with E-state index in [1.54, 1.807) is 11.4 Å². The zero-order valence-electron chi connectivity index (χ0n) is 10.4. The van der Waals surface area contributed by atoms with Crippen LogP contribution in [0.1, 0.15) is 42.5 Å². The lowest BCUT2D eigenvalue weighted by atomic mass is 9.81. The fourth-order valence-corrected chi connectivity index (χ4v) is 3.05. The van der Waals surface area contributed by atoms with Gasteiger partial charge in [0.1, 0.15) is 5.54 Å². The number of carbonyl (C=O) groups is 2. The van der Waals surface area contributed by atoms with Crippen LogP contribution in [-0.4, -0.2) is 24.5 Å². The van der Waals surface area contributed by atoms with E-state index in [9.17, 15) is 9.59 Å². The SMILES string of the molecule is COC(=O)C1(NC(=O)c2ccsc2)CCCCC1. The highest BCUT2D eigenvalue weighted by Crippen LogP contribution is 2.29. The van der Waals surface area contributed by atoms with E-state index in [4.69, 9.17) is 4.74 Å². The van der Waals surface area contributed by atoms with Gasteiger partial charge in [-0.1, -0.05) is 19.3 Å². The Hall–Kier alpha value is -1.36. The van der Waals surface area contributed by atoms with Crippen LogP contribution in [0.15, 0.2) is 16.8 Å². The lowest BCUT2D eigenvalue weighted by Crippen LogP contribution is -2.56. The Labute approximate surface area is 110 Å². The smallest absolute Gasteiger partial charge is 0.331 e. The Morgan fingerprint density at radius 1 is 1.33 bits per heavy atom. The molecule has 1 fully saturated rings. The monoisotopic (exact) mass is 267 g/mol. The van der Waals surface area contributed by atoms with Crippen molar-refractivity contribution < 1.29 is 14.3 Å². The number of ether oxygens (including phenoxy) is 1. The molecule has 1 amide bonds. The van der Waals surface area contributed by atoms with Gasteiger partial charge in [0.2, 0.25) is 0 Å². The van der Waals surface area contributed by atoms with Crippen LogP contribution in [0.3, 0.4) is 0 Å². The molecule has 1 aromatic heterocycles. The summed E-state index contributed by atoms with van der Waals surface area (Å²) in [5, 5.41) is 6.51. The first-order chi connectivity index (χ1) is 8.68. The minimum absolute atomic E-state index is 0.191. The molecule has 4 nitrogen and oxygen atoms in total. The van der Waals surface area contributed by atoms with Crippen molar-refractivity contribution in [2.24, 2.45) is 0 Å². The summed E-state index contributed by atoms with van der Waals surface area (Å²) < 4.78 is 4.86. The summed E-state index contributed by atoms with van der Waals surface area (Å²) in [6.07, 6.45) is 4.32. The van der Waals surface area contributed by atoms with Gasteiger partial charge in [-0.05, 0) is 24.3 Å². The van der Waals surface area contributed by atoms with Crippen LogP contribution in [0.25, 0.3) is 0 Å². The first-order valence-corrected chi connectivity index (χ1v) is 7.05. The highest BCUT2D eigenvalue weighted by molar-refractivity contribution is 7.08. The topological polar surface area (TPSA) is 55.4 Å². The number of carbonyl (C=O) groups excluding carboxylic acids is 2. The van der Waals surface area contributed by atoms with Crippen LogP contribution in [0, 0.1) is 0 Å². The molecule has 1 aliphatic carbocycles. The van der Waals surface area contributed by atoms with Crippen molar-refractivity contribution in [2.45, 2.75) is 37.6 Å². The van der Waals surface area contributed by atoms with Crippen molar-refractivity contribution in [1.82, 2.24) is 5.32 Å². The van der Waals surface area contributed by atoms with E-state index in [0.717, 1.165) is 19.3 Å². The number of methoxy groups -OCH3 is 1. The van der Waals surface area contributed by atoms with E-state index in [1.807, 2.05) is 5.38 Å². The third-order valence-corrected chi connectivity index (χ3v) is 4.10. The van der Waals surface area contributed by atoms with Gasteiger partial charge in [-0.2, -0.15) is 11.3 Å². The fraction of sp³-hybridized carbons (Fsp3) is 0.538. The van der Waals surface area contributed by atoms with Crippen LogP contribution in [-0.2, 0) is 9.53 Å². The third kappa shape index (κ3) is 2.56. The molecule has 1 aliphatic rings. The molecular weight excluding hydrogens is 250 g/mol. The summed E-state index contributed by atoms with van der Waals surface area (Å²) in [5.41, 5.74) is -0.222. The van der Waals surface area contributed by atoms with E-state index in [1.165, 1.54) is 18.4 Å². The minimum atomic E-state index is -0.827. The van der Waals surface area contributed by atoms with Gasteiger partial charge < -0.3 is 10.1 Å². The largest absolute Gasteiger partial charge is 0.467 e. The van der Waals surface area contributed by atoms with E-state index < -0.39 is 5.54 Å². The standard InChI is InChI=1S/C13H17NO3S/c1-17-12(16)13(6-3-2-4-7-13)14-11(15)10-5-8-18-9-10/h5,8-9H,2-4,6-7H2,1H3,(H,14,15). The van der Waals surface area contributed by atoms with Crippen molar-refractivity contribution in [1.29, 1.82) is 0 Å². The van der Waals surface area contributed by atoms with E-state index in [2.05, 4.69) is 5.32 Å². The summed E-state index contributed by atoms with van der Waals surface area (Å²) >= 11 is 1.47. The van der Waals surface area contributed by atoms with E-state index in [-0.39, 0.29) is 11.9 Å². The maximum Gasteiger partial charge on any atom is 0.331 e. The predicted molar refractivity (Wildman–Crippen MR) is 69.6 cm³/mol. The molecule has 1 heterocycles. The highest BCUT2D eigenvalue weighted by atomic mass is 32.1. The molecule has 2 rings (SSSR count). The van der Waals surface area contributed by atoms with Gasteiger partial charge in [0.25, 0.3) is 5.91 Å². The first-order valence-electron chi connectivity index (χ1n) is 6.11. The molecule has 0 aliphatic heterocycles. The highest BCUT2D eigenvalue weighted by Gasteiger charge is 2.42. The molecule has 1 aromatic rings. The molecule has 0 bridgehead atoms. The van der Waals surface area contributed by atoms with Crippen LogP contribution in [0.4, 0.5) is 0 Å². The number of amides is 1. The van der Waals surface area contributed by atoms with Crippen molar-refractivity contribution in [3.8, 4) is 0 Å². The van der Waals surface area contributed by atoms with Gasteiger partial charge in [0.15, 0.2) is 0 Å². The van der Waals surface area contributed by atoms with Crippen LogP contribution in [0.2, 0.25) is 0 Å². The van der Waals surface area contributed by atoms with Crippen molar-refractivity contribution >= 4 is 23.2 Å². The Bertz CT molecular complexity index is 421. The summed E-state index contributed by atoms with van der Waals surface area (Å²) in [4.78, 5) is 24.0. The lowest BCUT2D eigenvalue weighted by molar-refractivity contribution is -0.149. The number of nitrogens with one attached hydrogen (secondary N) is 1. The Kier molecular flexibility index (Phi) is 4.01. The molecule has 0 radical (unpaired) electrons. The van der Waals surface area contributed by atoms with Gasteiger partial charge in [0.05, 0.1) is 12.7 Å². The maximum atomic E-state index is 12.1. The van der Waals surface area contributed by atoms with Gasteiger partial charge in [-0.3, -0.25) is 4.79 Å². The summed E-state index contributed by atoms with van der Waals surface area (Å²) in [7, 11) is 1.37. The predicted octanol–water partition coefficient (Wildman–Crippen LogP) is 2.35. The quantitative estimate of drug-likeness (QED) is 0.855. The molecule has 1 saturated carbocycles. The van der Waals surface area contributed by atoms with Crippen molar-refractivity contribution in [3.63, 3.8) is 0 Å². The molecule has 18 heavy (non-hydrogen) atoms.